The number of likely N-dealkylation sites (tertiary alicyclic amines) is 1. The number of fused-ring (bicyclic) bond motifs is 1. The molecule has 0 aliphatic carbocycles. The predicted octanol–water partition coefficient (Wildman–Crippen LogP) is 2.65. The minimum atomic E-state index is -0.458. The maximum absolute atomic E-state index is 14.0. The summed E-state index contributed by atoms with van der Waals surface area (Å²) in [7, 11) is 0. The van der Waals surface area contributed by atoms with Crippen molar-refractivity contribution in [1.82, 2.24) is 14.7 Å². The van der Waals surface area contributed by atoms with Gasteiger partial charge in [0.2, 0.25) is 5.91 Å². The zero-order valence-electron chi connectivity index (χ0n) is 16.2. The van der Waals surface area contributed by atoms with Crippen LogP contribution in [0.2, 0.25) is 0 Å². The molecule has 0 radical (unpaired) electrons. The number of hydrogen-bond acceptors (Lipinski definition) is 4. The number of furan rings is 1. The van der Waals surface area contributed by atoms with Gasteiger partial charge in [-0.25, -0.2) is 4.39 Å². The first-order chi connectivity index (χ1) is 13.5. The van der Waals surface area contributed by atoms with E-state index >= 15 is 0 Å². The van der Waals surface area contributed by atoms with E-state index in [4.69, 9.17) is 4.42 Å². The largest absolute Gasteiger partial charge is 0.448 e. The maximum Gasteiger partial charge on any atom is 0.289 e. The fraction of sp³-hybridized carbons (Fsp3) is 0.524. The summed E-state index contributed by atoms with van der Waals surface area (Å²) in [4.78, 5) is 31.1. The number of halogens is 1. The molecule has 150 valence electrons. The molecule has 0 spiro atoms. The summed E-state index contributed by atoms with van der Waals surface area (Å²) in [6, 6.07) is 4.71. The molecule has 4 rings (SSSR count). The molecule has 0 unspecified atom stereocenters. The Bertz CT molecular complexity index is 880. The van der Waals surface area contributed by atoms with Gasteiger partial charge in [0, 0.05) is 50.2 Å². The Kier molecular flexibility index (Phi) is 5.35. The lowest BCUT2D eigenvalue weighted by molar-refractivity contribution is -0.133. The van der Waals surface area contributed by atoms with E-state index in [2.05, 4.69) is 4.90 Å². The molecule has 0 bridgehead atoms. The first-order valence-electron chi connectivity index (χ1n) is 10.0. The van der Waals surface area contributed by atoms with Crippen LogP contribution in [-0.2, 0) is 4.79 Å². The van der Waals surface area contributed by atoms with Crippen LogP contribution in [0.1, 0.15) is 35.4 Å². The van der Waals surface area contributed by atoms with Gasteiger partial charge in [-0.05, 0) is 32.3 Å². The zero-order chi connectivity index (χ0) is 19.7. The number of para-hydroxylation sites is 1. The zero-order valence-corrected chi connectivity index (χ0v) is 16.2. The normalized spacial score (nSPS) is 18.6. The van der Waals surface area contributed by atoms with Crippen LogP contribution in [0.4, 0.5) is 4.39 Å². The van der Waals surface area contributed by atoms with Gasteiger partial charge >= 0.3 is 0 Å². The highest BCUT2D eigenvalue weighted by atomic mass is 19.1. The van der Waals surface area contributed by atoms with E-state index in [1.165, 1.54) is 12.5 Å². The number of nitrogens with zero attached hydrogens (tertiary/aromatic N) is 3. The maximum atomic E-state index is 14.0. The summed E-state index contributed by atoms with van der Waals surface area (Å²) in [5.74, 6) is -0.281. The van der Waals surface area contributed by atoms with Gasteiger partial charge in [-0.2, -0.15) is 0 Å². The van der Waals surface area contributed by atoms with Crippen LogP contribution in [0.5, 0.6) is 0 Å². The van der Waals surface area contributed by atoms with Crippen molar-refractivity contribution < 1.29 is 18.4 Å². The lowest BCUT2D eigenvalue weighted by Crippen LogP contribution is -2.52. The predicted molar refractivity (Wildman–Crippen MR) is 104 cm³/mol. The second kappa shape index (κ2) is 7.91. The molecule has 2 aromatic rings. The number of carbonyl (C=O) groups excluding carboxylic acids is 2. The molecule has 2 amide bonds. The molecule has 28 heavy (non-hydrogen) atoms. The molecule has 0 N–H and O–H groups in total. The van der Waals surface area contributed by atoms with E-state index in [0.717, 1.165) is 25.9 Å². The molecule has 6 nitrogen and oxygen atoms in total. The highest BCUT2D eigenvalue weighted by Gasteiger charge is 2.28. The molecule has 2 aliphatic heterocycles. The molecule has 2 aliphatic rings. The van der Waals surface area contributed by atoms with E-state index in [1.807, 2.05) is 4.90 Å². The number of benzene rings is 1. The molecule has 3 heterocycles. The number of piperazine rings is 1. The van der Waals surface area contributed by atoms with Crippen LogP contribution in [0.3, 0.4) is 0 Å². The van der Waals surface area contributed by atoms with Crippen molar-refractivity contribution >= 4 is 22.8 Å². The smallest absolute Gasteiger partial charge is 0.289 e. The monoisotopic (exact) mass is 387 g/mol. The number of piperidine rings is 1. The lowest BCUT2D eigenvalue weighted by atomic mass is 10.1. The molecule has 2 fully saturated rings. The van der Waals surface area contributed by atoms with E-state index < -0.39 is 5.82 Å². The van der Waals surface area contributed by atoms with Crippen molar-refractivity contribution in [2.45, 2.75) is 26.2 Å². The average molecular weight is 387 g/mol. The summed E-state index contributed by atoms with van der Waals surface area (Å²) in [6.45, 7) is 6.29. The Labute approximate surface area is 163 Å². The fourth-order valence-corrected chi connectivity index (χ4v) is 4.10. The Morgan fingerprint density at radius 3 is 2.39 bits per heavy atom. The topological polar surface area (TPSA) is 57.0 Å². The van der Waals surface area contributed by atoms with Crippen LogP contribution >= 0.6 is 0 Å². The third-order valence-corrected chi connectivity index (χ3v) is 5.84. The molecular weight excluding hydrogens is 361 g/mol. The molecule has 2 saturated heterocycles. The standard InChI is InChI=1S/C21H26FN3O3/c1-15-16-6-5-7-17(22)20(16)28-19(15)21(27)25-12-10-23(11-13-25)14-18(26)24-8-3-2-4-9-24/h5-7H,2-4,8-14H2,1H3. The van der Waals surface area contributed by atoms with Gasteiger partial charge < -0.3 is 14.2 Å². The SMILES string of the molecule is Cc1c(C(=O)N2CCN(CC(=O)N3CCCCC3)CC2)oc2c(F)cccc12. The first kappa shape index (κ1) is 18.9. The second-order valence-corrected chi connectivity index (χ2v) is 7.68. The molecular formula is C21H26FN3O3. The number of aryl methyl sites for hydroxylation is 1. The first-order valence-corrected chi connectivity index (χ1v) is 10.0. The number of amides is 2. The minimum Gasteiger partial charge on any atom is -0.448 e. The summed E-state index contributed by atoms with van der Waals surface area (Å²) >= 11 is 0. The van der Waals surface area contributed by atoms with Crippen molar-refractivity contribution in [2.75, 3.05) is 45.8 Å². The van der Waals surface area contributed by atoms with E-state index in [1.54, 1.807) is 24.0 Å². The van der Waals surface area contributed by atoms with Crippen molar-refractivity contribution in [3.05, 3.63) is 35.3 Å². The van der Waals surface area contributed by atoms with Gasteiger partial charge in [0.15, 0.2) is 17.2 Å². The Morgan fingerprint density at radius 1 is 1.00 bits per heavy atom. The summed E-state index contributed by atoms with van der Waals surface area (Å²) in [5, 5.41) is 0.633. The van der Waals surface area contributed by atoms with Gasteiger partial charge in [0.05, 0.1) is 6.54 Å². The number of carbonyl (C=O) groups is 2. The van der Waals surface area contributed by atoms with E-state index in [-0.39, 0.29) is 23.2 Å². The van der Waals surface area contributed by atoms with Crippen molar-refractivity contribution in [3.63, 3.8) is 0 Å². The quantitative estimate of drug-likeness (QED) is 0.813. The number of rotatable bonds is 3. The van der Waals surface area contributed by atoms with Gasteiger partial charge in [0.25, 0.3) is 5.91 Å². The summed E-state index contributed by atoms with van der Waals surface area (Å²) in [6.07, 6.45) is 3.38. The van der Waals surface area contributed by atoms with E-state index in [0.29, 0.717) is 43.7 Å². The Balaban J connectivity index is 1.37. The van der Waals surface area contributed by atoms with Crippen LogP contribution < -0.4 is 0 Å². The van der Waals surface area contributed by atoms with Crippen LogP contribution in [0, 0.1) is 12.7 Å². The van der Waals surface area contributed by atoms with Crippen molar-refractivity contribution in [2.24, 2.45) is 0 Å². The number of hydrogen-bond donors (Lipinski definition) is 0. The molecule has 1 aromatic heterocycles. The van der Waals surface area contributed by atoms with Gasteiger partial charge in [-0.1, -0.05) is 12.1 Å². The van der Waals surface area contributed by atoms with Crippen LogP contribution in [0.25, 0.3) is 11.0 Å². The van der Waals surface area contributed by atoms with Crippen LogP contribution in [0.15, 0.2) is 22.6 Å². The van der Waals surface area contributed by atoms with Gasteiger partial charge in [-0.15, -0.1) is 0 Å². The fourth-order valence-electron chi connectivity index (χ4n) is 4.10. The third kappa shape index (κ3) is 3.63. The lowest BCUT2D eigenvalue weighted by Gasteiger charge is -2.35. The summed E-state index contributed by atoms with van der Waals surface area (Å²) < 4.78 is 19.5. The van der Waals surface area contributed by atoms with Crippen molar-refractivity contribution in [1.29, 1.82) is 0 Å². The van der Waals surface area contributed by atoms with Gasteiger partial charge in [0.1, 0.15) is 0 Å². The molecule has 1 aromatic carbocycles. The summed E-state index contributed by atoms with van der Waals surface area (Å²) in [5.41, 5.74) is 0.802. The van der Waals surface area contributed by atoms with Crippen molar-refractivity contribution in [3.8, 4) is 0 Å². The van der Waals surface area contributed by atoms with Crippen LogP contribution in [-0.4, -0.2) is 72.3 Å². The van der Waals surface area contributed by atoms with Gasteiger partial charge in [-0.3, -0.25) is 14.5 Å². The third-order valence-electron chi connectivity index (χ3n) is 5.84. The molecule has 7 heteroatoms. The average Bonchev–Trinajstić information content (AvgIpc) is 3.07. The minimum absolute atomic E-state index is 0.133. The highest BCUT2D eigenvalue weighted by molar-refractivity contribution is 5.99. The molecule has 0 atom stereocenters. The van der Waals surface area contributed by atoms with E-state index in [9.17, 15) is 14.0 Å². The Hall–Kier alpha value is -2.41. The molecule has 0 saturated carbocycles. The highest BCUT2D eigenvalue weighted by Crippen LogP contribution is 2.28. The Morgan fingerprint density at radius 2 is 1.71 bits per heavy atom. The second-order valence-electron chi connectivity index (χ2n) is 7.68.